The van der Waals surface area contributed by atoms with E-state index in [2.05, 4.69) is 10.3 Å². The maximum Gasteiger partial charge on any atom is 0.244 e. The molecule has 1 aromatic rings. The van der Waals surface area contributed by atoms with Crippen LogP contribution in [-0.2, 0) is 11.3 Å². The molecule has 2 N–H and O–H groups in total. The highest BCUT2D eigenvalue weighted by Gasteiger charge is 2.27. The molecule has 2 rings (SSSR count). The van der Waals surface area contributed by atoms with Gasteiger partial charge in [0.15, 0.2) is 0 Å². The second-order valence-electron chi connectivity index (χ2n) is 3.16. The maximum atomic E-state index is 11.4. The van der Waals surface area contributed by atoms with Gasteiger partial charge in [-0.1, -0.05) is 5.21 Å². The molecule has 0 spiro atoms. The fourth-order valence-corrected chi connectivity index (χ4v) is 1.27. The zero-order valence-corrected chi connectivity index (χ0v) is 7.13. The topological polar surface area (TPSA) is 77.0 Å². The third kappa shape index (κ3) is 1.67. The standard InChI is InChI=1S/C7H11N5O/c8-6-3-11(4-6)7(13)5-12-2-1-9-10-12/h1-2,6H,3-5,8H2. The molecule has 0 unspecified atom stereocenters. The lowest BCUT2D eigenvalue weighted by Crippen LogP contribution is -2.58. The van der Waals surface area contributed by atoms with Gasteiger partial charge in [-0.3, -0.25) is 4.79 Å². The molecule has 1 aliphatic rings. The van der Waals surface area contributed by atoms with E-state index >= 15 is 0 Å². The summed E-state index contributed by atoms with van der Waals surface area (Å²) in [6.45, 7) is 1.58. The number of carbonyl (C=O) groups excluding carboxylic acids is 1. The quantitative estimate of drug-likeness (QED) is 0.599. The summed E-state index contributed by atoms with van der Waals surface area (Å²) in [5.74, 6) is 0.0483. The van der Waals surface area contributed by atoms with Crippen molar-refractivity contribution in [3.05, 3.63) is 12.4 Å². The van der Waals surface area contributed by atoms with Gasteiger partial charge in [-0.05, 0) is 0 Å². The third-order valence-corrected chi connectivity index (χ3v) is 2.03. The lowest BCUT2D eigenvalue weighted by Gasteiger charge is -2.36. The Hall–Kier alpha value is -1.43. The zero-order chi connectivity index (χ0) is 9.26. The minimum absolute atomic E-state index is 0.0483. The first kappa shape index (κ1) is 8.18. The number of hydrogen-bond donors (Lipinski definition) is 1. The molecule has 0 atom stereocenters. The van der Waals surface area contributed by atoms with Gasteiger partial charge < -0.3 is 10.6 Å². The molecule has 1 saturated heterocycles. The van der Waals surface area contributed by atoms with Crippen molar-refractivity contribution >= 4 is 5.91 Å². The molecular weight excluding hydrogens is 170 g/mol. The van der Waals surface area contributed by atoms with Crippen LogP contribution >= 0.6 is 0 Å². The molecule has 1 fully saturated rings. The Morgan fingerprint density at radius 2 is 2.38 bits per heavy atom. The van der Waals surface area contributed by atoms with Gasteiger partial charge in [0, 0.05) is 25.3 Å². The molecule has 0 radical (unpaired) electrons. The molecule has 0 aliphatic carbocycles. The van der Waals surface area contributed by atoms with Crippen LogP contribution in [0.3, 0.4) is 0 Å². The number of nitrogens with zero attached hydrogens (tertiary/aromatic N) is 4. The van der Waals surface area contributed by atoms with Gasteiger partial charge >= 0.3 is 0 Å². The predicted molar refractivity (Wildman–Crippen MR) is 44.6 cm³/mol. The van der Waals surface area contributed by atoms with E-state index in [0.29, 0.717) is 13.1 Å². The lowest BCUT2D eigenvalue weighted by molar-refractivity contribution is -0.136. The van der Waals surface area contributed by atoms with Gasteiger partial charge in [-0.25, -0.2) is 4.68 Å². The fraction of sp³-hybridized carbons (Fsp3) is 0.571. The number of amides is 1. The highest BCUT2D eigenvalue weighted by molar-refractivity contribution is 5.76. The number of aromatic nitrogens is 3. The van der Waals surface area contributed by atoms with Crippen LogP contribution in [0.15, 0.2) is 12.4 Å². The van der Waals surface area contributed by atoms with Crippen molar-refractivity contribution in [1.29, 1.82) is 0 Å². The zero-order valence-electron chi connectivity index (χ0n) is 7.13. The number of rotatable bonds is 2. The largest absolute Gasteiger partial charge is 0.338 e. The first-order chi connectivity index (χ1) is 6.25. The highest BCUT2D eigenvalue weighted by atomic mass is 16.2. The summed E-state index contributed by atoms with van der Waals surface area (Å²) < 4.78 is 1.51. The molecule has 6 nitrogen and oxygen atoms in total. The molecule has 0 aromatic carbocycles. The third-order valence-electron chi connectivity index (χ3n) is 2.03. The summed E-state index contributed by atoms with van der Waals surface area (Å²) >= 11 is 0. The number of carbonyl (C=O) groups is 1. The normalized spacial score (nSPS) is 17.2. The summed E-state index contributed by atoms with van der Waals surface area (Å²) in [7, 11) is 0. The Bertz CT molecular complexity index is 290. The van der Waals surface area contributed by atoms with Gasteiger partial charge in [0.05, 0.1) is 6.20 Å². The Morgan fingerprint density at radius 1 is 1.62 bits per heavy atom. The van der Waals surface area contributed by atoms with Gasteiger partial charge in [0.25, 0.3) is 0 Å². The molecule has 13 heavy (non-hydrogen) atoms. The predicted octanol–water partition coefficient (Wildman–Crippen LogP) is -1.55. The van der Waals surface area contributed by atoms with E-state index in [0.717, 1.165) is 0 Å². The summed E-state index contributed by atoms with van der Waals surface area (Å²) in [5.41, 5.74) is 5.55. The molecule has 2 heterocycles. The SMILES string of the molecule is NC1CN(C(=O)Cn2ccnn2)C1. The molecular formula is C7H11N5O. The van der Waals surface area contributed by atoms with Crippen molar-refractivity contribution in [3.8, 4) is 0 Å². The number of nitrogens with two attached hydrogens (primary N) is 1. The van der Waals surface area contributed by atoms with E-state index in [4.69, 9.17) is 5.73 Å². The van der Waals surface area contributed by atoms with Gasteiger partial charge in [0.2, 0.25) is 5.91 Å². The first-order valence-corrected chi connectivity index (χ1v) is 4.13. The van der Waals surface area contributed by atoms with E-state index < -0.39 is 0 Å². The second kappa shape index (κ2) is 3.14. The van der Waals surface area contributed by atoms with Crippen molar-refractivity contribution in [2.75, 3.05) is 13.1 Å². The van der Waals surface area contributed by atoms with E-state index in [1.807, 2.05) is 0 Å². The Morgan fingerprint density at radius 3 is 2.92 bits per heavy atom. The van der Waals surface area contributed by atoms with E-state index in [9.17, 15) is 4.79 Å². The van der Waals surface area contributed by atoms with Crippen molar-refractivity contribution < 1.29 is 4.79 Å². The molecule has 6 heteroatoms. The van der Waals surface area contributed by atoms with Crippen LogP contribution in [0.1, 0.15) is 0 Å². The summed E-state index contributed by atoms with van der Waals surface area (Å²) in [5, 5.41) is 7.31. The summed E-state index contributed by atoms with van der Waals surface area (Å²) in [4.78, 5) is 13.1. The average Bonchev–Trinajstić information content (AvgIpc) is 2.51. The number of likely N-dealkylation sites (tertiary alicyclic amines) is 1. The van der Waals surface area contributed by atoms with Crippen molar-refractivity contribution in [2.45, 2.75) is 12.6 Å². The van der Waals surface area contributed by atoms with Crippen LogP contribution in [0.2, 0.25) is 0 Å². The fourth-order valence-electron chi connectivity index (χ4n) is 1.27. The second-order valence-corrected chi connectivity index (χ2v) is 3.16. The van der Waals surface area contributed by atoms with Crippen LogP contribution in [0.5, 0.6) is 0 Å². The Labute approximate surface area is 75.3 Å². The van der Waals surface area contributed by atoms with Crippen LogP contribution in [0.4, 0.5) is 0 Å². The molecule has 0 bridgehead atoms. The molecule has 1 aliphatic heterocycles. The summed E-state index contributed by atoms with van der Waals surface area (Å²) in [6.07, 6.45) is 3.22. The maximum absolute atomic E-state index is 11.4. The molecule has 0 saturated carbocycles. The van der Waals surface area contributed by atoms with Crippen LogP contribution in [-0.4, -0.2) is 44.9 Å². The minimum atomic E-state index is 0.0483. The lowest BCUT2D eigenvalue weighted by atomic mass is 10.1. The van der Waals surface area contributed by atoms with Crippen molar-refractivity contribution in [3.63, 3.8) is 0 Å². The van der Waals surface area contributed by atoms with Crippen LogP contribution < -0.4 is 5.73 Å². The molecule has 1 amide bonds. The monoisotopic (exact) mass is 181 g/mol. The smallest absolute Gasteiger partial charge is 0.244 e. The number of hydrogen-bond acceptors (Lipinski definition) is 4. The van der Waals surface area contributed by atoms with Crippen LogP contribution in [0, 0.1) is 0 Å². The van der Waals surface area contributed by atoms with E-state index in [-0.39, 0.29) is 18.5 Å². The summed E-state index contributed by atoms with van der Waals surface area (Å²) in [6, 6.07) is 0.152. The highest BCUT2D eigenvalue weighted by Crippen LogP contribution is 2.05. The molecule has 1 aromatic heterocycles. The van der Waals surface area contributed by atoms with E-state index in [1.54, 1.807) is 17.3 Å². The van der Waals surface area contributed by atoms with Crippen LogP contribution in [0.25, 0.3) is 0 Å². The molecule has 70 valence electrons. The Kier molecular flexibility index (Phi) is 1.97. The first-order valence-electron chi connectivity index (χ1n) is 4.13. The van der Waals surface area contributed by atoms with Gasteiger partial charge in [-0.15, -0.1) is 5.10 Å². The van der Waals surface area contributed by atoms with E-state index in [1.165, 1.54) is 4.68 Å². The van der Waals surface area contributed by atoms with Crippen molar-refractivity contribution in [1.82, 2.24) is 19.9 Å². The average molecular weight is 181 g/mol. The Balaban J connectivity index is 1.86. The van der Waals surface area contributed by atoms with Gasteiger partial charge in [0.1, 0.15) is 6.54 Å². The van der Waals surface area contributed by atoms with Crippen molar-refractivity contribution in [2.24, 2.45) is 5.73 Å². The van der Waals surface area contributed by atoms with Gasteiger partial charge in [-0.2, -0.15) is 0 Å². The minimum Gasteiger partial charge on any atom is -0.338 e.